The second kappa shape index (κ2) is 5.65. The summed E-state index contributed by atoms with van der Waals surface area (Å²) >= 11 is 0. The Kier molecular flexibility index (Phi) is 3.54. The summed E-state index contributed by atoms with van der Waals surface area (Å²) in [6.07, 6.45) is 9.43. The normalized spacial score (nSPS) is 14.6. The molecule has 0 radical (unpaired) electrons. The van der Waals surface area contributed by atoms with Crippen LogP contribution in [-0.2, 0) is 6.61 Å². The first-order valence-corrected chi connectivity index (χ1v) is 6.50. The van der Waals surface area contributed by atoms with Crippen LogP contribution in [-0.4, -0.2) is 28.0 Å². The Morgan fingerprint density at radius 1 is 1.11 bits per heavy atom. The minimum Gasteiger partial charge on any atom is -0.472 e. The van der Waals surface area contributed by atoms with Gasteiger partial charge in [-0.25, -0.2) is 0 Å². The highest BCUT2D eigenvalue weighted by Gasteiger charge is 2.14. The molecule has 2 aromatic rings. The topological polar surface area (TPSA) is 51.1 Å². The molecule has 0 bridgehead atoms. The van der Waals surface area contributed by atoms with Gasteiger partial charge in [-0.1, -0.05) is 6.07 Å². The molecule has 19 heavy (non-hydrogen) atoms. The van der Waals surface area contributed by atoms with Crippen molar-refractivity contribution in [2.75, 3.05) is 18.0 Å². The highest BCUT2D eigenvalue weighted by molar-refractivity contribution is 5.38. The van der Waals surface area contributed by atoms with E-state index in [2.05, 4.69) is 19.9 Å². The SMILES string of the molecule is c1cncc(COc2cncc(N3CCCC3)n2)c1. The smallest absolute Gasteiger partial charge is 0.234 e. The fourth-order valence-corrected chi connectivity index (χ4v) is 2.15. The highest BCUT2D eigenvalue weighted by Crippen LogP contribution is 2.19. The second-order valence-electron chi connectivity index (χ2n) is 4.56. The maximum absolute atomic E-state index is 5.65. The summed E-state index contributed by atoms with van der Waals surface area (Å²) in [7, 11) is 0. The van der Waals surface area contributed by atoms with E-state index in [-0.39, 0.29) is 0 Å². The zero-order valence-electron chi connectivity index (χ0n) is 10.7. The van der Waals surface area contributed by atoms with Gasteiger partial charge in [0, 0.05) is 31.0 Å². The molecule has 0 spiro atoms. The minimum atomic E-state index is 0.464. The van der Waals surface area contributed by atoms with E-state index in [0.717, 1.165) is 24.5 Å². The number of nitrogens with zero attached hydrogens (tertiary/aromatic N) is 4. The van der Waals surface area contributed by atoms with Crippen LogP contribution in [0.15, 0.2) is 36.9 Å². The van der Waals surface area contributed by atoms with Crippen molar-refractivity contribution in [2.24, 2.45) is 0 Å². The van der Waals surface area contributed by atoms with Gasteiger partial charge in [0.1, 0.15) is 6.61 Å². The lowest BCUT2D eigenvalue weighted by atomic mass is 10.3. The Morgan fingerprint density at radius 3 is 2.79 bits per heavy atom. The summed E-state index contributed by atoms with van der Waals surface area (Å²) in [6.45, 7) is 2.58. The first-order valence-electron chi connectivity index (χ1n) is 6.50. The molecule has 1 aliphatic heterocycles. The predicted molar refractivity (Wildman–Crippen MR) is 72.0 cm³/mol. The molecular weight excluding hydrogens is 240 g/mol. The lowest BCUT2D eigenvalue weighted by molar-refractivity contribution is 0.292. The zero-order valence-corrected chi connectivity index (χ0v) is 10.7. The molecule has 1 aliphatic rings. The molecule has 0 amide bonds. The van der Waals surface area contributed by atoms with Crippen molar-refractivity contribution in [1.29, 1.82) is 0 Å². The molecule has 5 heteroatoms. The molecule has 1 fully saturated rings. The standard InChI is InChI=1S/C14H16N4O/c1-2-7-18(6-1)13-9-16-10-14(17-13)19-11-12-4-3-5-15-8-12/h3-5,8-10H,1-2,6-7,11H2. The minimum absolute atomic E-state index is 0.464. The lowest BCUT2D eigenvalue weighted by Crippen LogP contribution is -2.19. The maximum Gasteiger partial charge on any atom is 0.234 e. The molecule has 0 atom stereocenters. The first-order chi connectivity index (χ1) is 9.42. The average molecular weight is 256 g/mol. The van der Waals surface area contributed by atoms with E-state index < -0.39 is 0 Å². The van der Waals surface area contributed by atoms with Gasteiger partial charge in [-0.15, -0.1) is 0 Å². The third-order valence-electron chi connectivity index (χ3n) is 3.14. The summed E-state index contributed by atoms with van der Waals surface area (Å²) in [5.41, 5.74) is 1.02. The quantitative estimate of drug-likeness (QED) is 0.838. The molecule has 1 saturated heterocycles. The number of aromatic nitrogens is 3. The fourth-order valence-electron chi connectivity index (χ4n) is 2.15. The molecule has 98 valence electrons. The lowest BCUT2D eigenvalue weighted by Gasteiger charge is -2.16. The Morgan fingerprint density at radius 2 is 2.00 bits per heavy atom. The molecule has 3 rings (SSSR count). The van der Waals surface area contributed by atoms with Crippen molar-refractivity contribution >= 4 is 5.82 Å². The number of rotatable bonds is 4. The molecule has 0 aliphatic carbocycles. The van der Waals surface area contributed by atoms with E-state index in [1.807, 2.05) is 12.1 Å². The van der Waals surface area contributed by atoms with Gasteiger partial charge >= 0.3 is 0 Å². The van der Waals surface area contributed by atoms with Crippen molar-refractivity contribution in [3.63, 3.8) is 0 Å². The van der Waals surface area contributed by atoms with Crippen LogP contribution < -0.4 is 9.64 Å². The maximum atomic E-state index is 5.65. The van der Waals surface area contributed by atoms with Crippen LogP contribution in [0.2, 0.25) is 0 Å². The first kappa shape index (κ1) is 11.9. The largest absolute Gasteiger partial charge is 0.472 e. The monoisotopic (exact) mass is 256 g/mol. The fraction of sp³-hybridized carbons (Fsp3) is 0.357. The Balaban J connectivity index is 1.66. The molecule has 3 heterocycles. The van der Waals surface area contributed by atoms with E-state index in [1.165, 1.54) is 12.8 Å². The van der Waals surface area contributed by atoms with E-state index in [9.17, 15) is 0 Å². The summed E-state index contributed by atoms with van der Waals surface area (Å²) in [5, 5.41) is 0. The number of hydrogen-bond acceptors (Lipinski definition) is 5. The van der Waals surface area contributed by atoms with E-state index in [4.69, 9.17) is 4.74 Å². The van der Waals surface area contributed by atoms with Gasteiger partial charge in [-0.05, 0) is 18.9 Å². The van der Waals surface area contributed by atoms with Gasteiger partial charge in [0.2, 0.25) is 5.88 Å². The summed E-state index contributed by atoms with van der Waals surface area (Å²) in [5.74, 6) is 1.47. The molecule has 0 N–H and O–H groups in total. The zero-order chi connectivity index (χ0) is 12.9. The molecule has 2 aromatic heterocycles. The Labute approximate surface area is 112 Å². The third kappa shape index (κ3) is 2.99. The number of pyridine rings is 1. The van der Waals surface area contributed by atoms with Crippen LogP contribution in [0, 0.1) is 0 Å². The summed E-state index contributed by atoms with van der Waals surface area (Å²) in [4.78, 5) is 15.0. The van der Waals surface area contributed by atoms with Crippen molar-refractivity contribution < 1.29 is 4.74 Å². The van der Waals surface area contributed by atoms with Crippen LogP contribution >= 0.6 is 0 Å². The Hall–Kier alpha value is -2.17. The van der Waals surface area contributed by atoms with Crippen molar-refractivity contribution in [1.82, 2.24) is 15.0 Å². The van der Waals surface area contributed by atoms with Gasteiger partial charge in [-0.2, -0.15) is 4.98 Å². The molecule has 0 unspecified atom stereocenters. The Bertz CT molecular complexity index is 526. The van der Waals surface area contributed by atoms with Gasteiger partial charge in [0.15, 0.2) is 5.82 Å². The number of anilines is 1. The van der Waals surface area contributed by atoms with Gasteiger partial charge in [-0.3, -0.25) is 9.97 Å². The second-order valence-corrected chi connectivity index (χ2v) is 4.56. The molecule has 0 saturated carbocycles. The van der Waals surface area contributed by atoms with E-state index >= 15 is 0 Å². The van der Waals surface area contributed by atoms with E-state index in [1.54, 1.807) is 24.8 Å². The van der Waals surface area contributed by atoms with Crippen LogP contribution in [0.4, 0.5) is 5.82 Å². The van der Waals surface area contributed by atoms with Crippen molar-refractivity contribution in [3.8, 4) is 5.88 Å². The van der Waals surface area contributed by atoms with Crippen LogP contribution in [0.5, 0.6) is 5.88 Å². The molecular formula is C14H16N4O. The van der Waals surface area contributed by atoms with Crippen LogP contribution in [0.1, 0.15) is 18.4 Å². The van der Waals surface area contributed by atoms with Crippen LogP contribution in [0.3, 0.4) is 0 Å². The number of ether oxygens (including phenoxy) is 1. The van der Waals surface area contributed by atoms with Gasteiger partial charge in [0.05, 0.1) is 12.4 Å². The van der Waals surface area contributed by atoms with E-state index in [0.29, 0.717) is 12.5 Å². The molecule has 0 aromatic carbocycles. The summed E-state index contributed by atoms with van der Waals surface area (Å²) in [6, 6.07) is 3.87. The summed E-state index contributed by atoms with van der Waals surface area (Å²) < 4.78 is 5.65. The average Bonchev–Trinajstić information content (AvgIpc) is 3.01. The third-order valence-corrected chi connectivity index (χ3v) is 3.14. The highest BCUT2D eigenvalue weighted by atomic mass is 16.5. The van der Waals surface area contributed by atoms with Gasteiger partial charge < -0.3 is 9.64 Å². The van der Waals surface area contributed by atoms with Gasteiger partial charge in [0.25, 0.3) is 0 Å². The van der Waals surface area contributed by atoms with Crippen molar-refractivity contribution in [2.45, 2.75) is 19.4 Å². The molecule has 5 nitrogen and oxygen atoms in total. The number of hydrogen-bond donors (Lipinski definition) is 0. The predicted octanol–water partition coefficient (Wildman–Crippen LogP) is 2.05. The van der Waals surface area contributed by atoms with Crippen LogP contribution in [0.25, 0.3) is 0 Å². The van der Waals surface area contributed by atoms with Crippen molar-refractivity contribution in [3.05, 3.63) is 42.5 Å².